The summed E-state index contributed by atoms with van der Waals surface area (Å²) in [7, 11) is 0. The number of rotatable bonds is 3. The van der Waals surface area contributed by atoms with Crippen LogP contribution in [-0.2, 0) is 0 Å². The second-order valence-corrected chi connectivity index (χ2v) is 6.12. The van der Waals surface area contributed by atoms with Crippen molar-refractivity contribution in [2.75, 3.05) is 19.8 Å². The normalized spacial score (nSPS) is 14.6. The molecule has 1 unspecified atom stereocenters. The van der Waals surface area contributed by atoms with Crippen LogP contribution < -0.4 is 0 Å². The van der Waals surface area contributed by atoms with Gasteiger partial charge in [0.1, 0.15) is 0 Å². The summed E-state index contributed by atoms with van der Waals surface area (Å²) in [5.74, 6) is 0. The van der Waals surface area contributed by atoms with Gasteiger partial charge in [-0.25, -0.2) is 0 Å². The van der Waals surface area contributed by atoms with Crippen molar-refractivity contribution < 1.29 is 0 Å². The second-order valence-electron chi connectivity index (χ2n) is 1.58. The van der Waals surface area contributed by atoms with E-state index in [1.807, 2.05) is 0 Å². The van der Waals surface area contributed by atoms with Gasteiger partial charge in [0.25, 0.3) is 0 Å². The first-order chi connectivity index (χ1) is 3.72. The monoisotopic (exact) mass is 197 g/mol. The minimum atomic E-state index is -0.0183. The Labute approximate surface area is 61.0 Å². The molecule has 0 saturated heterocycles. The van der Waals surface area contributed by atoms with E-state index in [0.717, 1.165) is 13.1 Å². The van der Waals surface area contributed by atoms with Gasteiger partial charge in [-0.05, 0) is 35.2 Å². The Bertz CT molecular complexity index is 54.4. The van der Waals surface area contributed by atoms with E-state index in [1.165, 1.54) is 0 Å². The maximum atomic E-state index is 3.55. The van der Waals surface area contributed by atoms with Crippen LogP contribution in [0, 0.1) is 0 Å². The largest absolute Gasteiger partial charge is 0.274 e. The number of hydrogen-bond donors (Lipinski definition) is 0. The maximum Gasteiger partial charge on any atom is 0.0329 e. The van der Waals surface area contributed by atoms with Gasteiger partial charge in [-0.3, -0.25) is 4.67 Å². The van der Waals surface area contributed by atoms with Crippen molar-refractivity contribution >= 4 is 22.3 Å². The van der Waals surface area contributed by atoms with Crippen LogP contribution in [0.4, 0.5) is 0 Å². The fraction of sp³-hybridized carbons (Fsp3) is 1.00. The molecule has 0 spiro atoms. The molecule has 0 saturated carbocycles. The fourth-order valence-corrected chi connectivity index (χ4v) is 2.74. The van der Waals surface area contributed by atoms with E-state index in [-0.39, 0.29) is 6.77 Å². The van der Waals surface area contributed by atoms with Crippen LogP contribution in [0.3, 0.4) is 0 Å². The van der Waals surface area contributed by atoms with Crippen LogP contribution in [0.25, 0.3) is 0 Å². The van der Waals surface area contributed by atoms with Gasteiger partial charge in [-0.2, -0.15) is 0 Å². The van der Waals surface area contributed by atoms with Crippen LogP contribution in [0.2, 0.25) is 0 Å². The highest BCUT2D eigenvalue weighted by atomic mass is 79.9. The number of halogens is 1. The van der Waals surface area contributed by atoms with Crippen LogP contribution >= 0.6 is 22.3 Å². The smallest absolute Gasteiger partial charge is 0.0329 e. The molecule has 1 nitrogen and oxygen atoms in total. The third-order valence-corrected chi connectivity index (χ3v) is 3.81. The van der Waals surface area contributed by atoms with E-state index in [9.17, 15) is 0 Å². The molecule has 0 aromatic rings. The first kappa shape index (κ1) is 8.87. The Morgan fingerprint density at radius 2 is 1.75 bits per heavy atom. The van der Waals surface area contributed by atoms with Gasteiger partial charge in [0.2, 0.25) is 0 Å². The molecule has 0 aromatic carbocycles. The zero-order valence-corrected chi connectivity index (χ0v) is 8.17. The minimum absolute atomic E-state index is 0.0183. The predicted molar refractivity (Wildman–Crippen MR) is 44.7 cm³/mol. The fourth-order valence-electron chi connectivity index (χ4n) is 0.613. The molecule has 0 radical (unpaired) electrons. The van der Waals surface area contributed by atoms with Crippen molar-refractivity contribution in [3.05, 3.63) is 0 Å². The van der Waals surface area contributed by atoms with Gasteiger partial charge in [-0.15, -0.1) is 0 Å². The van der Waals surface area contributed by atoms with Gasteiger partial charge in [0.15, 0.2) is 0 Å². The van der Waals surface area contributed by atoms with E-state index in [2.05, 4.69) is 40.7 Å². The van der Waals surface area contributed by atoms with Gasteiger partial charge in [0.05, 0.1) is 0 Å². The topological polar surface area (TPSA) is 3.24 Å². The van der Waals surface area contributed by atoms with Crippen molar-refractivity contribution in [3.8, 4) is 0 Å². The van der Waals surface area contributed by atoms with Gasteiger partial charge in [0, 0.05) is 6.77 Å². The first-order valence-electron chi connectivity index (χ1n) is 2.86. The lowest BCUT2D eigenvalue weighted by atomic mass is 10.7. The maximum absolute atomic E-state index is 3.55. The molecule has 0 bridgehead atoms. The van der Waals surface area contributed by atoms with Crippen LogP contribution in [-0.4, -0.2) is 24.4 Å². The second kappa shape index (κ2) is 4.72. The van der Waals surface area contributed by atoms with Crippen molar-refractivity contribution in [1.82, 2.24) is 4.67 Å². The molecule has 8 heavy (non-hydrogen) atoms. The molecule has 0 aliphatic rings. The van der Waals surface area contributed by atoms with Crippen molar-refractivity contribution in [1.29, 1.82) is 0 Å². The highest BCUT2D eigenvalue weighted by molar-refractivity contribution is 9.39. The lowest BCUT2D eigenvalue weighted by molar-refractivity contribution is 0.516. The third kappa shape index (κ3) is 3.01. The summed E-state index contributed by atoms with van der Waals surface area (Å²) in [5, 5.41) is 0. The highest BCUT2D eigenvalue weighted by Crippen LogP contribution is 2.43. The molecule has 0 fully saturated rings. The number of nitrogens with zero attached hydrogens (tertiary/aromatic N) is 1. The molecule has 0 rings (SSSR count). The molecular weight excluding hydrogens is 185 g/mol. The molecule has 0 N–H and O–H groups in total. The lowest BCUT2D eigenvalue weighted by Crippen LogP contribution is -2.13. The Balaban J connectivity index is 3.35. The summed E-state index contributed by atoms with van der Waals surface area (Å²) in [6.45, 7) is 8.87. The molecular formula is C5H13BrNP. The summed E-state index contributed by atoms with van der Waals surface area (Å²) in [4.78, 5) is 0. The van der Waals surface area contributed by atoms with E-state index < -0.39 is 0 Å². The van der Waals surface area contributed by atoms with Gasteiger partial charge < -0.3 is 0 Å². The highest BCUT2D eigenvalue weighted by Gasteiger charge is 2.02. The molecule has 50 valence electrons. The molecule has 0 heterocycles. The van der Waals surface area contributed by atoms with E-state index >= 15 is 0 Å². The molecule has 0 aliphatic carbocycles. The first-order valence-corrected chi connectivity index (χ1v) is 6.62. The van der Waals surface area contributed by atoms with Crippen LogP contribution in [0.15, 0.2) is 0 Å². The standard InChI is InChI=1S/C5H13BrNP/c1-4-7(5-2)8(3)6/h4-5H2,1-3H3. The van der Waals surface area contributed by atoms with E-state index in [0.29, 0.717) is 0 Å². The lowest BCUT2D eigenvalue weighted by Gasteiger charge is -2.20. The van der Waals surface area contributed by atoms with Crippen molar-refractivity contribution in [2.24, 2.45) is 0 Å². The molecule has 1 atom stereocenters. The SMILES string of the molecule is CCN(CC)P(C)Br. The Kier molecular flexibility index (Phi) is 5.23. The summed E-state index contributed by atoms with van der Waals surface area (Å²) in [6, 6.07) is 0. The van der Waals surface area contributed by atoms with E-state index in [4.69, 9.17) is 0 Å². The van der Waals surface area contributed by atoms with Crippen molar-refractivity contribution in [3.63, 3.8) is 0 Å². The molecule has 0 aromatic heterocycles. The summed E-state index contributed by atoms with van der Waals surface area (Å²) < 4.78 is 2.40. The average Bonchev–Trinajstić information content (AvgIpc) is 1.69. The predicted octanol–water partition coefficient (Wildman–Crippen LogP) is 2.66. The Morgan fingerprint density at radius 3 is 1.75 bits per heavy atom. The van der Waals surface area contributed by atoms with Crippen molar-refractivity contribution in [2.45, 2.75) is 13.8 Å². The zero-order chi connectivity index (χ0) is 6.57. The van der Waals surface area contributed by atoms with Gasteiger partial charge in [-0.1, -0.05) is 13.8 Å². The Morgan fingerprint density at radius 1 is 1.38 bits per heavy atom. The molecule has 0 amide bonds. The third-order valence-electron chi connectivity index (χ3n) is 1.12. The summed E-state index contributed by atoms with van der Waals surface area (Å²) in [5.41, 5.74) is 0. The summed E-state index contributed by atoms with van der Waals surface area (Å²) in [6.07, 6.45) is 0. The Hall–Kier alpha value is 0.870. The number of hydrogen-bond acceptors (Lipinski definition) is 1. The van der Waals surface area contributed by atoms with Crippen LogP contribution in [0.5, 0.6) is 0 Å². The average molecular weight is 198 g/mol. The van der Waals surface area contributed by atoms with E-state index in [1.54, 1.807) is 0 Å². The quantitative estimate of drug-likeness (QED) is 0.630. The molecule has 3 heteroatoms. The zero-order valence-electron chi connectivity index (χ0n) is 5.69. The van der Waals surface area contributed by atoms with Gasteiger partial charge >= 0.3 is 0 Å². The molecule has 0 aliphatic heterocycles. The van der Waals surface area contributed by atoms with Crippen LogP contribution in [0.1, 0.15) is 13.8 Å². The summed E-state index contributed by atoms with van der Waals surface area (Å²) >= 11 is 3.55. The minimum Gasteiger partial charge on any atom is -0.274 e.